The molecule has 0 N–H and O–H groups in total. The number of benzene rings is 3. The summed E-state index contributed by atoms with van der Waals surface area (Å²) in [6.45, 7) is 5.11. The standard InChI is InChI=1S/C33H33F7O6/c1-3-10-42-11-4-5-20-17-43-32(44-18-20)22-13-27(36)30(28(37)14-22)31(41)46-23-7-8-24(25(34)15-23)21-6-9-29(26(35)12-21)45-19(2)16-33(38,39)40/h6-9,12-15,19-20,32H,3-5,10-11,16-18H2,1-2H3. The summed E-state index contributed by atoms with van der Waals surface area (Å²) in [6.07, 6.45) is -5.61. The highest BCUT2D eigenvalue weighted by molar-refractivity contribution is 5.91. The molecule has 4 rings (SSSR count). The Bertz CT molecular complexity index is 1460. The van der Waals surface area contributed by atoms with E-state index < -0.39 is 65.5 Å². The van der Waals surface area contributed by atoms with Crippen molar-refractivity contribution in [2.24, 2.45) is 5.92 Å². The van der Waals surface area contributed by atoms with Gasteiger partial charge in [0.1, 0.15) is 34.9 Å². The zero-order chi connectivity index (χ0) is 33.4. The summed E-state index contributed by atoms with van der Waals surface area (Å²) in [5.74, 6) is -6.62. The number of alkyl halides is 3. The van der Waals surface area contributed by atoms with E-state index in [-0.39, 0.29) is 28.4 Å². The predicted molar refractivity (Wildman–Crippen MR) is 152 cm³/mol. The van der Waals surface area contributed by atoms with E-state index in [1.54, 1.807) is 0 Å². The van der Waals surface area contributed by atoms with Crippen LogP contribution in [0.3, 0.4) is 0 Å². The fourth-order valence-corrected chi connectivity index (χ4v) is 4.85. The topological polar surface area (TPSA) is 63.2 Å². The lowest BCUT2D eigenvalue weighted by Gasteiger charge is -2.29. The van der Waals surface area contributed by atoms with E-state index in [0.717, 1.165) is 68.7 Å². The molecule has 1 unspecified atom stereocenters. The zero-order valence-electron chi connectivity index (χ0n) is 25.1. The maximum atomic E-state index is 14.9. The van der Waals surface area contributed by atoms with Gasteiger partial charge in [-0.3, -0.25) is 0 Å². The minimum absolute atomic E-state index is 0.0100. The van der Waals surface area contributed by atoms with Crippen molar-refractivity contribution in [2.45, 2.75) is 58.1 Å². The lowest BCUT2D eigenvalue weighted by atomic mass is 10.0. The fraction of sp³-hybridized carbons (Fsp3) is 0.424. The van der Waals surface area contributed by atoms with Crippen LogP contribution in [0.4, 0.5) is 30.7 Å². The molecule has 6 nitrogen and oxygen atoms in total. The average molecular weight is 659 g/mol. The minimum Gasteiger partial charge on any atom is -0.487 e. The summed E-state index contributed by atoms with van der Waals surface area (Å²) in [4.78, 5) is 12.6. The molecule has 3 aromatic carbocycles. The molecule has 0 aliphatic carbocycles. The second-order valence-electron chi connectivity index (χ2n) is 10.9. The van der Waals surface area contributed by atoms with Gasteiger partial charge in [0.25, 0.3) is 0 Å². The summed E-state index contributed by atoms with van der Waals surface area (Å²) < 4.78 is 124. The van der Waals surface area contributed by atoms with E-state index in [1.807, 2.05) is 6.92 Å². The van der Waals surface area contributed by atoms with Gasteiger partial charge in [0.05, 0.1) is 19.6 Å². The monoisotopic (exact) mass is 658 g/mol. The van der Waals surface area contributed by atoms with E-state index in [4.69, 9.17) is 23.7 Å². The summed E-state index contributed by atoms with van der Waals surface area (Å²) in [6, 6.07) is 8.00. The quantitative estimate of drug-likeness (QED) is 0.0793. The van der Waals surface area contributed by atoms with E-state index in [1.165, 1.54) is 6.07 Å². The van der Waals surface area contributed by atoms with Crippen molar-refractivity contribution in [3.05, 3.63) is 82.9 Å². The molecule has 1 fully saturated rings. The van der Waals surface area contributed by atoms with Gasteiger partial charge in [0, 0.05) is 36.3 Å². The van der Waals surface area contributed by atoms with Crippen LogP contribution in [0, 0.1) is 29.2 Å². The van der Waals surface area contributed by atoms with Crippen molar-refractivity contribution in [1.29, 1.82) is 0 Å². The molecule has 1 heterocycles. The van der Waals surface area contributed by atoms with Crippen molar-refractivity contribution >= 4 is 5.97 Å². The van der Waals surface area contributed by atoms with E-state index >= 15 is 0 Å². The van der Waals surface area contributed by atoms with Crippen LogP contribution >= 0.6 is 0 Å². The zero-order valence-corrected chi connectivity index (χ0v) is 25.1. The number of halogens is 7. The molecule has 0 amide bonds. The largest absolute Gasteiger partial charge is 0.487 e. The first-order chi connectivity index (χ1) is 21.8. The van der Waals surface area contributed by atoms with Gasteiger partial charge in [0.2, 0.25) is 0 Å². The number of hydrogen-bond acceptors (Lipinski definition) is 6. The summed E-state index contributed by atoms with van der Waals surface area (Å²) in [5.41, 5.74) is -1.11. The van der Waals surface area contributed by atoms with Crippen LogP contribution in [0.15, 0.2) is 48.5 Å². The second-order valence-corrected chi connectivity index (χ2v) is 10.9. The highest BCUT2D eigenvalue weighted by Crippen LogP contribution is 2.33. The molecular weight excluding hydrogens is 625 g/mol. The number of hydrogen-bond donors (Lipinski definition) is 0. The third kappa shape index (κ3) is 9.66. The molecule has 0 spiro atoms. The third-order valence-corrected chi connectivity index (χ3v) is 7.00. The number of ether oxygens (including phenoxy) is 5. The van der Waals surface area contributed by atoms with Gasteiger partial charge in [-0.1, -0.05) is 13.0 Å². The number of esters is 1. The van der Waals surface area contributed by atoms with Crippen molar-refractivity contribution in [3.63, 3.8) is 0 Å². The minimum atomic E-state index is -4.50. The van der Waals surface area contributed by atoms with Gasteiger partial charge in [-0.25, -0.2) is 22.4 Å². The Labute approximate surface area is 261 Å². The fourth-order valence-electron chi connectivity index (χ4n) is 4.85. The molecular formula is C33H33F7O6. The lowest BCUT2D eigenvalue weighted by molar-refractivity contribution is -0.206. The van der Waals surface area contributed by atoms with Gasteiger partial charge in [-0.2, -0.15) is 13.2 Å². The maximum Gasteiger partial charge on any atom is 0.392 e. The molecule has 46 heavy (non-hydrogen) atoms. The molecule has 1 saturated heterocycles. The molecule has 0 aromatic heterocycles. The lowest BCUT2D eigenvalue weighted by Crippen LogP contribution is -2.27. The Morgan fingerprint density at radius 3 is 2.22 bits per heavy atom. The average Bonchev–Trinajstić information content (AvgIpc) is 2.97. The van der Waals surface area contributed by atoms with Gasteiger partial charge >= 0.3 is 12.1 Å². The number of carbonyl (C=O) groups is 1. The van der Waals surface area contributed by atoms with Gasteiger partial charge < -0.3 is 23.7 Å². The molecule has 1 aliphatic heterocycles. The first-order valence-electron chi connectivity index (χ1n) is 14.7. The summed E-state index contributed by atoms with van der Waals surface area (Å²) >= 11 is 0. The predicted octanol–water partition coefficient (Wildman–Crippen LogP) is 8.72. The van der Waals surface area contributed by atoms with Crippen LogP contribution in [-0.4, -0.2) is 44.7 Å². The van der Waals surface area contributed by atoms with E-state index in [2.05, 4.69) is 0 Å². The summed E-state index contributed by atoms with van der Waals surface area (Å²) in [5, 5.41) is 0. The Kier molecular flexibility index (Phi) is 12.0. The molecule has 250 valence electrons. The first-order valence-corrected chi connectivity index (χ1v) is 14.7. The molecule has 13 heteroatoms. The Hall–Kier alpha value is -3.68. The van der Waals surface area contributed by atoms with Crippen LogP contribution in [-0.2, 0) is 14.2 Å². The molecule has 3 aromatic rings. The molecule has 0 saturated carbocycles. The van der Waals surface area contributed by atoms with Crippen LogP contribution in [0.2, 0.25) is 0 Å². The van der Waals surface area contributed by atoms with Gasteiger partial charge in [0.15, 0.2) is 17.9 Å². The Balaban J connectivity index is 1.37. The van der Waals surface area contributed by atoms with Crippen molar-refractivity contribution < 1.29 is 59.2 Å². The van der Waals surface area contributed by atoms with Crippen LogP contribution in [0.1, 0.15) is 61.7 Å². The maximum absolute atomic E-state index is 14.9. The van der Waals surface area contributed by atoms with Crippen molar-refractivity contribution in [1.82, 2.24) is 0 Å². The number of rotatable bonds is 13. The first kappa shape index (κ1) is 35.2. The number of carbonyl (C=O) groups excluding carboxylic acids is 1. The molecule has 0 radical (unpaired) electrons. The van der Waals surface area contributed by atoms with Crippen LogP contribution < -0.4 is 9.47 Å². The molecule has 1 aliphatic rings. The normalized spacial score (nSPS) is 17.5. The highest BCUT2D eigenvalue weighted by Gasteiger charge is 2.31. The van der Waals surface area contributed by atoms with Crippen molar-refractivity contribution in [2.75, 3.05) is 26.4 Å². The SMILES string of the molecule is CCCOCCCC1COC(c2cc(F)c(C(=O)Oc3ccc(-c4ccc(OC(C)CC(F)(F)F)c(F)c4)c(F)c3)c(F)c2)OC1. The Morgan fingerprint density at radius 2 is 1.61 bits per heavy atom. The van der Waals surface area contributed by atoms with E-state index in [9.17, 15) is 35.5 Å². The third-order valence-electron chi connectivity index (χ3n) is 7.00. The van der Waals surface area contributed by atoms with Crippen LogP contribution in [0.25, 0.3) is 11.1 Å². The van der Waals surface area contributed by atoms with Gasteiger partial charge in [-0.05, 0) is 68.1 Å². The van der Waals surface area contributed by atoms with Crippen molar-refractivity contribution in [3.8, 4) is 22.6 Å². The van der Waals surface area contributed by atoms with Gasteiger partial charge in [-0.15, -0.1) is 0 Å². The second kappa shape index (κ2) is 15.7. The smallest absolute Gasteiger partial charge is 0.392 e. The summed E-state index contributed by atoms with van der Waals surface area (Å²) in [7, 11) is 0. The van der Waals surface area contributed by atoms with Crippen LogP contribution in [0.5, 0.6) is 11.5 Å². The molecule has 0 bridgehead atoms. The highest BCUT2D eigenvalue weighted by atomic mass is 19.4. The Morgan fingerprint density at radius 1 is 0.913 bits per heavy atom. The molecule has 1 atom stereocenters. The van der Waals surface area contributed by atoms with E-state index in [0.29, 0.717) is 26.4 Å².